The number of benzene rings is 1. The Hall–Kier alpha value is -0.860. The molecule has 27 heavy (non-hydrogen) atoms. The number of halogens is 1. The van der Waals surface area contributed by atoms with Gasteiger partial charge in [-0.15, -0.1) is 0 Å². The van der Waals surface area contributed by atoms with E-state index < -0.39 is 0 Å². The van der Waals surface area contributed by atoms with E-state index >= 15 is 0 Å². The zero-order chi connectivity index (χ0) is 19.1. The van der Waals surface area contributed by atoms with Crippen LogP contribution >= 0.6 is 15.9 Å². The topological polar surface area (TPSA) is 65.4 Å². The Bertz CT molecular complexity index is 589. The molecule has 2 fully saturated rings. The van der Waals surface area contributed by atoms with E-state index in [1.165, 1.54) is 0 Å². The molecule has 3 rings (SSSR count). The minimum absolute atomic E-state index is 0.166. The van der Waals surface area contributed by atoms with Crippen molar-refractivity contribution in [3.05, 3.63) is 22.7 Å². The maximum absolute atomic E-state index is 9.58. The van der Waals surface area contributed by atoms with Crippen LogP contribution in [-0.2, 0) is 0 Å². The van der Waals surface area contributed by atoms with Gasteiger partial charge in [0.1, 0.15) is 0 Å². The summed E-state index contributed by atoms with van der Waals surface area (Å²) in [5.41, 5.74) is 0. The number of β-amino-alcohol motifs (C(OH)–C–C–N with tert-alkyl or cyclic N) is 2. The molecule has 0 amide bonds. The van der Waals surface area contributed by atoms with Crippen LogP contribution in [0.1, 0.15) is 25.7 Å². The number of ether oxygens (including phenoxy) is 2. The number of nitrogens with zero attached hydrogens (tertiary/aromatic N) is 2. The van der Waals surface area contributed by atoms with Gasteiger partial charge in [-0.2, -0.15) is 0 Å². The second kappa shape index (κ2) is 10.6. The average Bonchev–Trinajstić information content (AvgIpc) is 3.25. The van der Waals surface area contributed by atoms with Gasteiger partial charge in [0.05, 0.1) is 25.4 Å². The van der Waals surface area contributed by atoms with Crippen LogP contribution in [0, 0.1) is 0 Å². The van der Waals surface area contributed by atoms with Crippen molar-refractivity contribution in [3.63, 3.8) is 0 Å². The van der Waals surface area contributed by atoms with Crippen LogP contribution in [0.15, 0.2) is 22.7 Å². The lowest BCUT2D eigenvalue weighted by atomic mass is 10.3. The van der Waals surface area contributed by atoms with Crippen molar-refractivity contribution in [1.82, 2.24) is 9.80 Å². The molecule has 2 heterocycles. The monoisotopic (exact) mass is 442 g/mol. The van der Waals surface area contributed by atoms with Crippen LogP contribution in [0.25, 0.3) is 0 Å². The second-order valence-electron chi connectivity index (χ2n) is 7.48. The molecule has 6 nitrogen and oxygen atoms in total. The molecule has 0 radical (unpaired) electrons. The van der Waals surface area contributed by atoms with Gasteiger partial charge in [0.15, 0.2) is 11.5 Å². The Kier molecular flexibility index (Phi) is 8.21. The first-order chi connectivity index (χ1) is 13.1. The fourth-order valence-electron chi connectivity index (χ4n) is 3.69. The summed E-state index contributed by atoms with van der Waals surface area (Å²) in [6.07, 6.45) is 3.28. The number of hydrogen-bond donors (Lipinski definition) is 2. The molecule has 0 aliphatic carbocycles. The normalized spacial score (nSPS) is 23.8. The van der Waals surface area contributed by atoms with E-state index in [1.807, 2.05) is 18.2 Å². The molecule has 1 aromatic carbocycles. The Balaban J connectivity index is 1.38. The molecule has 2 N–H and O–H groups in total. The van der Waals surface area contributed by atoms with Gasteiger partial charge in [-0.05, 0) is 43.9 Å². The van der Waals surface area contributed by atoms with Gasteiger partial charge in [0.2, 0.25) is 0 Å². The molecule has 1 aromatic rings. The SMILES string of the molecule is OC1CCN(CCCOc2ccc(Br)cc2OCCCN2CCC(O)C2)C1. The highest BCUT2D eigenvalue weighted by atomic mass is 79.9. The summed E-state index contributed by atoms with van der Waals surface area (Å²) in [7, 11) is 0. The number of aliphatic hydroxyl groups excluding tert-OH is 2. The summed E-state index contributed by atoms with van der Waals surface area (Å²) in [5.74, 6) is 1.54. The van der Waals surface area contributed by atoms with Crippen LogP contribution in [0.3, 0.4) is 0 Å². The number of likely N-dealkylation sites (tertiary alicyclic amines) is 2. The molecule has 152 valence electrons. The van der Waals surface area contributed by atoms with Gasteiger partial charge < -0.3 is 29.5 Å². The maximum Gasteiger partial charge on any atom is 0.162 e. The lowest BCUT2D eigenvalue weighted by Crippen LogP contribution is -2.24. The summed E-state index contributed by atoms with van der Waals surface area (Å²) < 4.78 is 12.9. The van der Waals surface area contributed by atoms with E-state index in [4.69, 9.17) is 9.47 Å². The van der Waals surface area contributed by atoms with E-state index in [1.54, 1.807) is 0 Å². The molecule has 7 heteroatoms. The Morgan fingerprint density at radius 3 is 1.96 bits per heavy atom. The van der Waals surface area contributed by atoms with Crippen LogP contribution < -0.4 is 9.47 Å². The van der Waals surface area contributed by atoms with Gasteiger partial charge in [0.25, 0.3) is 0 Å². The summed E-state index contributed by atoms with van der Waals surface area (Å²) in [5, 5.41) is 19.1. The zero-order valence-electron chi connectivity index (χ0n) is 15.9. The fraction of sp³-hybridized carbons (Fsp3) is 0.700. The van der Waals surface area contributed by atoms with Crippen LogP contribution in [0.5, 0.6) is 11.5 Å². The largest absolute Gasteiger partial charge is 0.490 e. The van der Waals surface area contributed by atoms with Gasteiger partial charge >= 0.3 is 0 Å². The third kappa shape index (κ3) is 6.91. The highest BCUT2D eigenvalue weighted by molar-refractivity contribution is 9.10. The lowest BCUT2D eigenvalue weighted by Gasteiger charge is -2.17. The summed E-state index contributed by atoms with van der Waals surface area (Å²) in [6, 6.07) is 5.85. The van der Waals surface area contributed by atoms with Gasteiger partial charge in [-0.3, -0.25) is 0 Å². The van der Waals surface area contributed by atoms with Crippen molar-refractivity contribution < 1.29 is 19.7 Å². The number of aliphatic hydroxyl groups is 2. The van der Waals surface area contributed by atoms with Gasteiger partial charge in [0, 0.05) is 43.7 Å². The quantitative estimate of drug-likeness (QED) is 0.541. The molecular formula is C20H31BrN2O4. The van der Waals surface area contributed by atoms with Crippen LogP contribution in [-0.4, -0.2) is 84.7 Å². The van der Waals surface area contributed by atoms with Crippen molar-refractivity contribution in [1.29, 1.82) is 0 Å². The van der Waals surface area contributed by atoms with Gasteiger partial charge in [-0.25, -0.2) is 0 Å². The second-order valence-corrected chi connectivity index (χ2v) is 8.40. The van der Waals surface area contributed by atoms with Gasteiger partial charge in [-0.1, -0.05) is 15.9 Å². The molecule has 2 atom stereocenters. The van der Waals surface area contributed by atoms with Crippen molar-refractivity contribution in [2.75, 3.05) is 52.5 Å². The van der Waals surface area contributed by atoms with Crippen LogP contribution in [0.4, 0.5) is 0 Å². The third-order valence-corrected chi connectivity index (χ3v) is 5.65. The smallest absolute Gasteiger partial charge is 0.162 e. The summed E-state index contributed by atoms with van der Waals surface area (Å²) in [4.78, 5) is 4.56. The first-order valence-corrected chi connectivity index (χ1v) is 10.8. The molecule has 2 unspecified atom stereocenters. The van der Waals surface area contributed by atoms with Crippen LogP contribution in [0.2, 0.25) is 0 Å². The van der Waals surface area contributed by atoms with Crippen molar-refractivity contribution >= 4 is 15.9 Å². The van der Waals surface area contributed by atoms with Crippen molar-refractivity contribution in [3.8, 4) is 11.5 Å². The predicted molar refractivity (Wildman–Crippen MR) is 108 cm³/mol. The van der Waals surface area contributed by atoms with Crippen molar-refractivity contribution in [2.24, 2.45) is 0 Å². The molecule has 2 aliphatic heterocycles. The van der Waals surface area contributed by atoms with E-state index in [-0.39, 0.29) is 12.2 Å². The average molecular weight is 443 g/mol. The third-order valence-electron chi connectivity index (χ3n) is 5.15. The first-order valence-electron chi connectivity index (χ1n) is 9.96. The Morgan fingerprint density at radius 2 is 1.44 bits per heavy atom. The first kappa shape index (κ1) is 20.9. The van der Waals surface area contributed by atoms with E-state index in [2.05, 4.69) is 25.7 Å². The van der Waals surface area contributed by atoms with E-state index in [9.17, 15) is 10.2 Å². The Labute approximate surface area is 170 Å². The molecule has 0 spiro atoms. The molecule has 2 saturated heterocycles. The molecular weight excluding hydrogens is 412 g/mol. The summed E-state index contributed by atoms with van der Waals surface area (Å²) >= 11 is 3.50. The maximum atomic E-state index is 9.58. The molecule has 0 saturated carbocycles. The number of rotatable bonds is 10. The molecule has 0 bridgehead atoms. The minimum atomic E-state index is -0.167. The molecule has 2 aliphatic rings. The van der Waals surface area contributed by atoms with Crippen molar-refractivity contribution in [2.45, 2.75) is 37.9 Å². The summed E-state index contributed by atoms with van der Waals surface area (Å²) in [6.45, 7) is 6.66. The highest BCUT2D eigenvalue weighted by Gasteiger charge is 2.20. The molecule has 0 aromatic heterocycles. The highest BCUT2D eigenvalue weighted by Crippen LogP contribution is 2.31. The fourth-order valence-corrected chi connectivity index (χ4v) is 4.03. The standard InChI is InChI=1S/C20H31BrN2O4/c21-16-3-4-19(26-11-1-7-22-9-5-17(24)14-22)20(13-16)27-12-2-8-23-10-6-18(25)15-23/h3-4,13,17-18,24-25H,1-2,5-12,14-15H2. The van der Waals surface area contributed by atoms with E-state index in [0.29, 0.717) is 13.2 Å². The Morgan fingerprint density at radius 1 is 0.889 bits per heavy atom. The number of hydrogen-bond acceptors (Lipinski definition) is 6. The van der Waals surface area contributed by atoms with E-state index in [0.717, 1.165) is 80.9 Å². The zero-order valence-corrected chi connectivity index (χ0v) is 17.4. The predicted octanol–water partition coefficient (Wildman–Crippen LogP) is 2.12. The minimum Gasteiger partial charge on any atom is -0.490 e. The lowest BCUT2D eigenvalue weighted by molar-refractivity contribution is 0.171.